The summed E-state index contributed by atoms with van der Waals surface area (Å²) >= 11 is 3.27. The fraction of sp³-hybridized carbons (Fsp3) is 0.462. The van der Waals surface area contributed by atoms with Gasteiger partial charge in [-0.15, -0.1) is 24.9 Å². The van der Waals surface area contributed by atoms with Crippen LogP contribution in [0.2, 0.25) is 0 Å². The molecule has 7 heteroatoms. The minimum Gasteiger partial charge on any atom is -0.406 e. The second-order valence-corrected chi connectivity index (χ2v) is 7.04. The Balaban J connectivity index is 2.15. The third kappa shape index (κ3) is 4.09. The molecule has 0 aliphatic carbocycles. The zero-order valence-electron chi connectivity index (χ0n) is 10.6. The molecule has 1 heterocycles. The van der Waals surface area contributed by atoms with Gasteiger partial charge in [-0.3, -0.25) is 4.79 Å². The molecule has 0 N–H and O–H groups in total. The van der Waals surface area contributed by atoms with Crippen LogP contribution in [-0.2, 0) is 0 Å². The number of benzene rings is 1. The van der Waals surface area contributed by atoms with Crippen molar-refractivity contribution in [3.8, 4) is 5.75 Å². The summed E-state index contributed by atoms with van der Waals surface area (Å²) < 4.78 is 40.4. The van der Waals surface area contributed by atoms with Crippen LogP contribution in [0.1, 0.15) is 17.3 Å². The van der Waals surface area contributed by atoms with Gasteiger partial charge in [0.2, 0.25) is 0 Å². The van der Waals surface area contributed by atoms with Crippen LogP contribution in [0.25, 0.3) is 0 Å². The Bertz CT molecular complexity index is 491. The Labute approximate surface area is 123 Å². The second kappa shape index (κ2) is 6.30. The van der Waals surface area contributed by atoms with Gasteiger partial charge in [0.25, 0.3) is 0 Å². The standard InChI is InChI=1S/C13H13F3O2S2/c1-8-12(20-6-5-19-8)11(17)9-3-2-4-10(7-9)18-13(14,15)16/h2-4,7-8,12H,5-6H2,1H3. The molecule has 2 unspecified atom stereocenters. The van der Waals surface area contributed by atoms with Gasteiger partial charge >= 0.3 is 6.36 Å². The van der Waals surface area contributed by atoms with Crippen molar-refractivity contribution in [3.63, 3.8) is 0 Å². The topological polar surface area (TPSA) is 26.3 Å². The quantitative estimate of drug-likeness (QED) is 0.786. The number of halogens is 3. The van der Waals surface area contributed by atoms with E-state index in [1.54, 1.807) is 23.5 Å². The van der Waals surface area contributed by atoms with E-state index in [9.17, 15) is 18.0 Å². The highest BCUT2D eigenvalue weighted by Gasteiger charge is 2.32. The van der Waals surface area contributed by atoms with Gasteiger partial charge in [0.05, 0.1) is 5.25 Å². The Morgan fingerprint density at radius 2 is 2.00 bits per heavy atom. The first kappa shape index (κ1) is 15.6. The molecule has 0 aromatic heterocycles. The number of hydrogen-bond acceptors (Lipinski definition) is 4. The highest BCUT2D eigenvalue weighted by atomic mass is 32.2. The molecule has 1 saturated heterocycles. The second-order valence-electron chi connectivity index (χ2n) is 4.31. The molecule has 1 aliphatic rings. The molecule has 0 amide bonds. The maximum Gasteiger partial charge on any atom is 0.573 e. The molecule has 2 atom stereocenters. The molecule has 0 radical (unpaired) electrons. The summed E-state index contributed by atoms with van der Waals surface area (Å²) in [6, 6.07) is 5.27. The van der Waals surface area contributed by atoms with Crippen molar-refractivity contribution in [2.45, 2.75) is 23.8 Å². The van der Waals surface area contributed by atoms with Gasteiger partial charge in [-0.05, 0) is 12.1 Å². The lowest BCUT2D eigenvalue weighted by molar-refractivity contribution is -0.274. The van der Waals surface area contributed by atoms with Crippen molar-refractivity contribution >= 4 is 29.3 Å². The number of Topliss-reactive ketones (excluding diaryl/α,β-unsaturated/α-hetero) is 1. The molecular weight excluding hydrogens is 309 g/mol. The predicted octanol–water partition coefficient (Wildman–Crippen LogP) is 4.01. The summed E-state index contributed by atoms with van der Waals surface area (Å²) in [5.74, 6) is 1.38. The summed E-state index contributed by atoms with van der Waals surface area (Å²) in [5.41, 5.74) is 0.263. The molecule has 1 aromatic carbocycles. The largest absolute Gasteiger partial charge is 0.573 e. The minimum absolute atomic E-state index is 0.137. The SMILES string of the molecule is CC1SCCSC1C(=O)c1cccc(OC(F)(F)F)c1. The van der Waals surface area contributed by atoms with Crippen LogP contribution in [-0.4, -0.2) is 34.2 Å². The first-order chi connectivity index (χ1) is 9.37. The predicted molar refractivity (Wildman–Crippen MR) is 75.6 cm³/mol. The maximum atomic E-state index is 12.4. The minimum atomic E-state index is -4.75. The van der Waals surface area contributed by atoms with Crippen molar-refractivity contribution in [2.24, 2.45) is 0 Å². The Morgan fingerprint density at radius 1 is 1.30 bits per heavy atom. The first-order valence-corrected chi connectivity index (χ1v) is 8.10. The number of carbonyl (C=O) groups excluding carboxylic acids is 1. The van der Waals surface area contributed by atoms with Gasteiger partial charge in [0.15, 0.2) is 5.78 Å². The normalized spacial score (nSPS) is 23.4. The van der Waals surface area contributed by atoms with Crippen LogP contribution in [0.15, 0.2) is 24.3 Å². The van der Waals surface area contributed by atoms with E-state index in [1.165, 1.54) is 18.2 Å². The number of ether oxygens (including phenoxy) is 1. The van der Waals surface area contributed by atoms with E-state index in [2.05, 4.69) is 4.74 Å². The van der Waals surface area contributed by atoms with Crippen molar-refractivity contribution < 1.29 is 22.7 Å². The van der Waals surface area contributed by atoms with Crippen LogP contribution in [0.4, 0.5) is 13.2 Å². The van der Waals surface area contributed by atoms with E-state index in [4.69, 9.17) is 0 Å². The molecule has 110 valence electrons. The summed E-state index contributed by atoms with van der Waals surface area (Å²) in [4.78, 5) is 12.4. The number of alkyl halides is 3. The molecule has 0 spiro atoms. The van der Waals surface area contributed by atoms with Gasteiger partial charge in [-0.1, -0.05) is 19.1 Å². The van der Waals surface area contributed by atoms with Crippen molar-refractivity contribution in [3.05, 3.63) is 29.8 Å². The van der Waals surface area contributed by atoms with Crippen molar-refractivity contribution in [2.75, 3.05) is 11.5 Å². The number of hydrogen-bond donors (Lipinski definition) is 0. The van der Waals surface area contributed by atoms with Crippen LogP contribution in [0.5, 0.6) is 5.75 Å². The highest BCUT2D eigenvalue weighted by molar-refractivity contribution is 8.07. The summed E-state index contributed by atoms with van der Waals surface area (Å²) in [7, 11) is 0. The molecule has 2 rings (SSSR count). The van der Waals surface area contributed by atoms with Crippen LogP contribution >= 0.6 is 23.5 Å². The zero-order valence-corrected chi connectivity index (χ0v) is 12.3. The molecule has 0 saturated carbocycles. The average Bonchev–Trinajstić information content (AvgIpc) is 2.37. The monoisotopic (exact) mass is 322 g/mol. The lowest BCUT2D eigenvalue weighted by Crippen LogP contribution is -2.31. The molecule has 20 heavy (non-hydrogen) atoms. The number of carbonyl (C=O) groups is 1. The molecule has 1 aliphatic heterocycles. The van der Waals surface area contributed by atoms with Gasteiger partial charge in [-0.2, -0.15) is 11.8 Å². The Kier molecular flexibility index (Phi) is 4.90. The molecule has 2 nitrogen and oxygen atoms in total. The molecular formula is C13H13F3O2S2. The maximum absolute atomic E-state index is 12.4. The summed E-state index contributed by atoms with van der Waals surface area (Å²) in [5, 5.41) is -0.0525. The van der Waals surface area contributed by atoms with Gasteiger partial charge in [0.1, 0.15) is 5.75 Å². The van der Waals surface area contributed by atoms with E-state index in [-0.39, 0.29) is 27.6 Å². The average molecular weight is 322 g/mol. The van der Waals surface area contributed by atoms with Gasteiger partial charge in [-0.25, -0.2) is 0 Å². The number of rotatable bonds is 3. The summed E-state index contributed by atoms with van der Waals surface area (Å²) in [6.45, 7) is 1.97. The highest BCUT2D eigenvalue weighted by Crippen LogP contribution is 2.34. The number of ketones is 1. The fourth-order valence-electron chi connectivity index (χ4n) is 1.93. The zero-order chi connectivity index (χ0) is 14.8. The van der Waals surface area contributed by atoms with Crippen LogP contribution < -0.4 is 4.74 Å². The number of thioether (sulfide) groups is 2. The summed E-state index contributed by atoms with van der Waals surface area (Å²) in [6.07, 6.45) is -4.75. The van der Waals surface area contributed by atoms with E-state index in [0.717, 1.165) is 17.6 Å². The van der Waals surface area contributed by atoms with E-state index in [1.807, 2.05) is 6.92 Å². The molecule has 1 fully saturated rings. The van der Waals surface area contributed by atoms with Crippen molar-refractivity contribution in [1.82, 2.24) is 0 Å². The van der Waals surface area contributed by atoms with Gasteiger partial charge in [0, 0.05) is 22.3 Å². The molecule has 0 bridgehead atoms. The molecule has 1 aromatic rings. The Morgan fingerprint density at radius 3 is 2.65 bits per heavy atom. The smallest absolute Gasteiger partial charge is 0.406 e. The van der Waals surface area contributed by atoms with Crippen LogP contribution in [0.3, 0.4) is 0 Å². The van der Waals surface area contributed by atoms with Crippen molar-refractivity contribution in [1.29, 1.82) is 0 Å². The van der Waals surface area contributed by atoms with E-state index >= 15 is 0 Å². The third-order valence-corrected chi connectivity index (χ3v) is 5.89. The lowest BCUT2D eigenvalue weighted by Gasteiger charge is -2.26. The van der Waals surface area contributed by atoms with E-state index in [0.29, 0.717) is 0 Å². The fourth-order valence-corrected chi connectivity index (χ4v) is 4.66. The Hall–Kier alpha value is -0.820. The van der Waals surface area contributed by atoms with Crippen LogP contribution in [0, 0.1) is 0 Å². The van der Waals surface area contributed by atoms with Gasteiger partial charge < -0.3 is 4.74 Å². The lowest BCUT2D eigenvalue weighted by atomic mass is 10.1. The first-order valence-electron chi connectivity index (χ1n) is 6.00. The third-order valence-electron chi connectivity index (χ3n) is 2.80. The van der Waals surface area contributed by atoms with E-state index < -0.39 is 6.36 Å².